The number of methoxy groups -OCH3 is 1. The largest absolute Gasteiger partial charge is 0.464 e. The molecule has 134 valence electrons. The molecule has 0 aromatic carbocycles. The van der Waals surface area contributed by atoms with E-state index in [-0.39, 0.29) is 23.8 Å². The molecule has 9 nitrogen and oxygen atoms in total. The molecule has 0 bridgehead atoms. The molecule has 1 aliphatic heterocycles. The monoisotopic (exact) mass is 358 g/mol. The first-order chi connectivity index (χ1) is 11.3. The maximum Gasteiger partial charge on any atom is 0.360 e. The molecule has 1 aromatic heterocycles. The van der Waals surface area contributed by atoms with Crippen molar-refractivity contribution in [2.45, 2.75) is 26.3 Å². The Labute approximate surface area is 141 Å². The van der Waals surface area contributed by atoms with Gasteiger partial charge >= 0.3 is 5.97 Å². The highest BCUT2D eigenvalue weighted by atomic mass is 32.2. The van der Waals surface area contributed by atoms with E-state index in [0.717, 1.165) is 6.26 Å². The van der Waals surface area contributed by atoms with Crippen LogP contribution in [0, 0.1) is 5.92 Å². The number of rotatable bonds is 5. The Morgan fingerprint density at radius 1 is 1.46 bits per heavy atom. The van der Waals surface area contributed by atoms with E-state index in [1.54, 1.807) is 6.20 Å². The molecule has 2 heterocycles. The minimum Gasteiger partial charge on any atom is -0.464 e. The summed E-state index contributed by atoms with van der Waals surface area (Å²) in [7, 11) is -2.09. The molecule has 1 amide bonds. The number of piperidine rings is 1. The number of esters is 1. The summed E-state index contributed by atoms with van der Waals surface area (Å²) in [5, 5.41) is 6.75. The minimum absolute atomic E-state index is 0.0310. The van der Waals surface area contributed by atoms with E-state index in [4.69, 9.17) is 0 Å². The maximum atomic E-state index is 12.5. The summed E-state index contributed by atoms with van der Waals surface area (Å²) in [5.41, 5.74) is 0.300. The van der Waals surface area contributed by atoms with Crippen molar-refractivity contribution in [1.29, 1.82) is 0 Å². The van der Waals surface area contributed by atoms with Gasteiger partial charge in [0.1, 0.15) is 0 Å². The molecule has 1 unspecified atom stereocenters. The van der Waals surface area contributed by atoms with Crippen LogP contribution in [0.2, 0.25) is 0 Å². The number of nitrogens with one attached hydrogen (secondary N) is 1. The second kappa shape index (κ2) is 7.31. The van der Waals surface area contributed by atoms with Crippen LogP contribution in [-0.4, -0.2) is 60.8 Å². The molecule has 0 spiro atoms. The van der Waals surface area contributed by atoms with E-state index < -0.39 is 21.9 Å². The highest BCUT2D eigenvalue weighted by molar-refractivity contribution is 7.88. The molecule has 24 heavy (non-hydrogen) atoms. The average Bonchev–Trinajstić information content (AvgIpc) is 2.96. The number of amides is 1. The smallest absolute Gasteiger partial charge is 0.360 e. The van der Waals surface area contributed by atoms with Gasteiger partial charge in [-0.25, -0.2) is 17.5 Å². The Bertz CT molecular complexity index is 728. The zero-order chi connectivity index (χ0) is 17.9. The Kier molecular flexibility index (Phi) is 5.60. The molecule has 1 aliphatic rings. The Hall–Kier alpha value is -1.94. The van der Waals surface area contributed by atoms with Crippen molar-refractivity contribution in [2.24, 2.45) is 5.92 Å². The maximum absolute atomic E-state index is 12.5. The van der Waals surface area contributed by atoms with Gasteiger partial charge in [0.15, 0.2) is 5.69 Å². The van der Waals surface area contributed by atoms with Crippen LogP contribution in [0.3, 0.4) is 0 Å². The third-order valence-electron chi connectivity index (χ3n) is 3.95. The molecule has 1 saturated heterocycles. The number of carbonyl (C=O) groups is 2. The van der Waals surface area contributed by atoms with Gasteiger partial charge in [0.05, 0.1) is 25.0 Å². The zero-order valence-electron chi connectivity index (χ0n) is 14.0. The highest BCUT2D eigenvalue weighted by Crippen LogP contribution is 2.22. The summed E-state index contributed by atoms with van der Waals surface area (Å²) in [5.74, 6) is -1.44. The van der Waals surface area contributed by atoms with Crippen molar-refractivity contribution in [1.82, 2.24) is 14.1 Å². The van der Waals surface area contributed by atoms with E-state index in [1.165, 1.54) is 16.1 Å². The quantitative estimate of drug-likeness (QED) is 0.758. The highest BCUT2D eigenvalue weighted by Gasteiger charge is 2.31. The van der Waals surface area contributed by atoms with Crippen LogP contribution in [0.15, 0.2) is 6.20 Å². The van der Waals surface area contributed by atoms with Gasteiger partial charge in [0.2, 0.25) is 15.9 Å². The van der Waals surface area contributed by atoms with Gasteiger partial charge in [-0.2, -0.15) is 5.10 Å². The van der Waals surface area contributed by atoms with Crippen molar-refractivity contribution >= 4 is 27.6 Å². The average molecular weight is 358 g/mol. The molecule has 2 rings (SSSR count). The molecule has 10 heteroatoms. The molecule has 0 saturated carbocycles. The lowest BCUT2D eigenvalue weighted by Gasteiger charge is -2.30. The van der Waals surface area contributed by atoms with Crippen molar-refractivity contribution in [3.63, 3.8) is 0 Å². The van der Waals surface area contributed by atoms with E-state index >= 15 is 0 Å². The predicted octanol–water partition coefficient (Wildman–Crippen LogP) is 0.300. The van der Waals surface area contributed by atoms with Crippen molar-refractivity contribution in [2.75, 3.05) is 31.8 Å². The summed E-state index contributed by atoms with van der Waals surface area (Å²) in [6, 6.07) is 0. The SMILES string of the molecule is CCn1cc(NC(=O)C2CCCN(S(C)(=O)=O)C2)c(C(=O)OC)n1. The van der Waals surface area contributed by atoms with Gasteiger partial charge in [-0.15, -0.1) is 0 Å². The second-order valence-corrected chi connectivity index (χ2v) is 7.67. The predicted molar refractivity (Wildman–Crippen MR) is 87.0 cm³/mol. The molecular formula is C14H22N4O5S. The molecule has 1 fully saturated rings. The van der Waals surface area contributed by atoms with Crippen LogP contribution >= 0.6 is 0 Å². The van der Waals surface area contributed by atoms with E-state index in [2.05, 4.69) is 15.2 Å². The molecule has 0 radical (unpaired) electrons. The second-order valence-electron chi connectivity index (χ2n) is 5.69. The van der Waals surface area contributed by atoms with Crippen molar-refractivity contribution in [3.8, 4) is 0 Å². The van der Waals surface area contributed by atoms with Crippen LogP contribution in [0.25, 0.3) is 0 Å². The van der Waals surface area contributed by atoms with Gasteiger partial charge in [0.25, 0.3) is 0 Å². The standard InChI is InChI=1S/C14H22N4O5S/c1-4-17-9-11(12(16-17)14(20)23-2)15-13(19)10-6-5-7-18(8-10)24(3,21)22/h9-10H,4-8H2,1-3H3,(H,15,19). The number of hydrogen-bond donors (Lipinski definition) is 1. The number of ether oxygens (including phenoxy) is 1. The first-order valence-corrected chi connectivity index (χ1v) is 9.52. The third kappa shape index (κ3) is 4.12. The minimum atomic E-state index is -3.33. The molecule has 1 N–H and O–H groups in total. The van der Waals surface area contributed by atoms with Gasteiger partial charge in [-0.05, 0) is 19.8 Å². The Morgan fingerprint density at radius 3 is 2.75 bits per heavy atom. The third-order valence-corrected chi connectivity index (χ3v) is 5.22. The first-order valence-electron chi connectivity index (χ1n) is 7.68. The normalized spacial score (nSPS) is 19.0. The molecule has 1 atom stereocenters. The molecule has 0 aliphatic carbocycles. The van der Waals surface area contributed by atoms with E-state index in [9.17, 15) is 18.0 Å². The van der Waals surface area contributed by atoms with Crippen molar-refractivity contribution < 1.29 is 22.7 Å². The van der Waals surface area contributed by atoms with Crippen LogP contribution in [-0.2, 0) is 26.1 Å². The fourth-order valence-electron chi connectivity index (χ4n) is 2.61. The van der Waals surface area contributed by atoms with Crippen LogP contribution < -0.4 is 5.32 Å². The summed E-state index contributed by atoms with van der Waals surface area (Å²) in [6.45, 7) is 2.94. The zero-order valence-corrected chi connectivity index (χ0v) is 14.8. The summed E-state index contributed by atoms with van der Waals surface area (Å²) in [6.07, 6.45) is 3.89. The number of anilines is 1. The lowest BCUT2D eigenvalue weighted by Crippen LogP contribution is -2.43. The molecular weight excluding hydrogens is 336 g/mol. The van der Waals surface area contributed by atoms with Crippen LogP contribution in [0.1, 0.15) is 30.3 Å². The lowest BCUT2D eigenvalue weighted by molar-refractivity contribution is -0.120. The summed E-state index contributed by atoms with van der Waals surface area (Å²) < 4.78 is 30.8. The Morgan fingerprint density at radius 2 is 2.17 bits per heavy atom. The van der Waals surface area contributed by atoms with Crippen molar-refractivity contribution in [3.05, 3.63) is 11.9 Å². The van der Waals surface area contributed by atoms with Gasteiger partial charge in [-0.3, -0.25) is 9.48 Å². The van der Waals surface area contributed by atoms with Gasteiger partial charge in [-0.1, -0.05) is 0 Å². The van der Waals surface area contributed by atoms with Gasteiger partial charge in [0, 0.05) is 25.8 Å². The first kappa shape index (κ1) is 18.4. The number of hydrogen-bond acceptors (Lipinski definition) is 6. The topological polar surface area (TPSA) is 111 Å². The molecule has 1 aromatic rings. The lowest BCUT2D eigenvalue weighted by atomic mass is 9.99. The number of aryl methyl sites for hydroxylation is 1. The van der Waals surface area contributed by atoms with E-state index in [0.29, 0.717) is 25.9 Å². The fourth-order valence-corrected chi connectivity index (χ4v) is 3.53. The fraction of sp³-hybridized carbons (Fsp3) is 0.643. The van der Waals surface area contributed by atoms with Crippen LogP contribution in [0.4, 0.5) is 5.69 Å². The summed E-state index contributed by atoms with van der Waals surface area (Å²) >= 11 is 0. The summed E-state index contributed by atoms with van der Waals surface area (Å²) in [4.78, 5) is 24.2. The van der Waals surface area contributed by atoms with Crippen LogP contribution in [0.5, 0.6) is 0 Å². The van der Waals surface area contributed by atoms with E-state index in [1.807, 2.05) is 6.92 Å². The number of nitrogens with zero attached hydrogens (tertiary/aromatic N) is 3. The number of sulfonamides is 1. The number of aromatic nitrogens is 2. The Balaban J connectivity index is 2.14. The number of carbonyl (C=O) groups excluding carboxylic acids is 2. The van der Waals surface area contributed by atoms with Gasteiger partial charge < -0.3 is 10.1 Å².